The predicted octanol–water partition coefficient (Wildman–Crippen LogP) is 0.421. The molecule has 12 heteroatoms. The summed E-state index contributed by atoms with van der Waals surface area (Å²) in [5.41, 5.74) is -3.82. The van der Waals surface area contributed by atoms with E-state index in [1.807, 2.05) is 0 Å². The van der Waals surface area contributed by atoms with Gasteiger partial charge in [0.15, 0.2) is 23.4 Å². The molecule has 0 spiro atoms. The Morgan fingerprint density at radius 2 is 1.47 bits per heavy atom. The molecule has 206 valence electrons. The van der Waals surface area contributed by atoms with Gasteiger partial charge in [0.1, 0.15) is 25.9 Å². The maximum Gasteiger partial charge on any atom is 0.303 e. The second-order valence-electron chi connectivity index (χ2n) is 8.98. The summed E-state index contributed by atoms with van der Waals surface area (Å²) in [5.74, 6) is -2.80. The van der Waals surface area contributed by atoms with E-state index in [0.717, 1.165) is 27.7 Å². The number of terminal acetylenes is 1. The van der Waals surface area contributed by atoms with Crippen molar-refractivity contribution in [3.63, 3.8) is 0 Å². The van der Waals surface area contributed by atoms with Crippen LogP contribution in [-0.4, -0.2) is 84.1 Å². The minimum atomic E-state index is -2.39. The lowest BCUT2D eigenvalue weighted by Crippen LogP contribution is -2.74. The first kappa shape index (κ1) is 29.1. The second-order valence-corrected chi connectivity index (χ2v) is 8.98. The van der Waals surface area contributed by atoms with Gasteiger partial charge in [-0.3, -0.25) is 19.2 Å². The van der Waals surface area contributed by atoms with Crippen LogP contribution in [0.2, 0.25) is 0 Å². The predicted molar refractivity (Wildman–Crippen MR) is 126 cm³/mol. The third kappa shape index (κ3) is 5.66. The monoisotopic (exact) mass is 534 g/mol. The molecule has 38 heavy (non-hydrogen) atoms. The smallest absolute Gasteiger partial charge is 0.303 e. The molecule has 0 radical (unpaired) electrons. The fraction of sp³-hybridized carbons (Fsp3) is 0.538. The van der Waals surface area contributed by atoms with Gasteiger partial charge in [0.05, 0.1) is 6.61 Å². The molecule has 12 nitrogen and oxygen atoms in total. The molecule has 2 saturated heterocycles. The van der Waals surface area contributed by atoms with Gasteiger partial charge >= 0.3 is 23.9 Å². The molecule has 1 aromatic rings. The zero-order valence-electron chi connectivity index (χ0n) is 21.5. The highest BCUT2D eigenvalue weighted by atomic mass is 16.8. The fourth-order valence-corrected chi connectivity index (χ4v) is 4.53. The molecule has 2 aliphatic rings. The quantitative estimate of drug-likeness (QED) is 0.251. The average molecular weight is 535 g/mol. The van der Waals surface area contributed by atoms with Gasteiger partial charge in [-0.05, 0) is 5.56 Å². The Bertz CT molecular complexity index is 1100. The minimum absolute atomic E-state index is 0.0809. The summed E-state index contributed by atoms with van der Waals surface area (Å²) >= 11 is 0. The zero-order valence-corrected chi connectivity index (χ0v) is 21.5. The van der Waals surface area contributed by atoms with Crippen LogP contribution in [0.3, 0.4) is 0 Å². The molecular formula is C26H30O12. The van der Waals surface area contributed by atoms with Gasteiger partial charge in [0.2, 0.25) is 5.79 Å². The lowest BCUT2D eigenvalue weighted by atomic mass is 9.75. The lowest BCUT2D eigenvalue weighted by molar-refractivity contribution is -0.396. The fourth-order valence-electron chi connectivity index (χ4n) is 4.53. The number of rotatable bonds is 10. The van der Waals surface area contributed by atoms with Gasteiger partial charge in [-0.15, -0.1) is 6.42 Å². The number of carbonyl (C=O) groups is 4. The molecule has 0 aliphatic carbocycles. The van der Waals surface area contributed by atoms with Crippen molar-refractivity contribution in [1.82, 2.24) is 0 Å². The molecule has 0 saturated carbocycles. The van der Waals surface area contributed by atoms with E-state index in [1.54, 1.807) is 30.3 Å². The Hall–Kier alpha value is -3.50. The van der Waals surface area contributed by atoms with Crippen molar-refractivity contribution in [2.75, 3.05) is 19.8 Å². The number of fused-ring (bicyclic) bond motifs is 2. The van der Waals surface area contributed by atoms with Crippen molar-refractivity contribution in [2.24, 2.45) is 0 Å². The van der Waals surface area contributed by atoms with E-state index >= 15 is 0 Å². The lowest BCUT2D eigenvalue weighted by Gasteiger charge is -2.52. The van der Waals surface area contributed by atoms with Gasteiger partial charge in [0, 0.05) is 27.7 Å². The number of benzene rings is 1. The van der Waals surface area contributed by atoms with E-state index < -0.39 is 79.0 Å². The molecule has 2 heterocycles. The molecule has 3 rings (SSSR count). The van der Waals surface area contributed by atoms with Crippen LogP contribution in [0.15, 0.2) is 30.3 Å². The summed E-state index contributed by atoms with van der Waals surface area (Å²) in [7, 11) is 0. The maximum atomic E-state index is 12.2. The number of aliphatic hydroxyl groups is 1. The summed E-state index contributed by atoms with van der Waals surface area (Å²) in [4.78, 5) is 47.6. The highest BCUT2D eigenvalue weighted by molar-refractivity contribution is 5.68. The van der Waals surface area contributed by atoms with E-state index in [0.29, 0.717) is 5.56 Å². The Morgan fingerprint density at radius 3 is 2.03 bits per heavy atom. The van der Waals surface area contributed by atoms with Crippen molar-refractivity contribution in [2.45, 2.75) is 69.6 Å². The third-order valence-corrected chi connectivity index (χ3v) is 6.19. The van der Waals surface area contributed by atoms with Crippen molar-refractivity contribution in [3.8, 4) is 12.3 Å². The van der Waals surface area contributed by atoms with Crippen LogP contribution in [0.5, 0.6) is 0 Å². The normalized spacial score (nSPS) is 31.5. The molecular weight excluding hydrogens is 504 g/mol. The topological polar surface area (TPSA) is 153 Å². The van der Waals surface area contributed by atoms with Crippen LogP contribution in [-0.2, 0) is 58.9 Å². The molecule has 2 bridgehead atoms. The Labute approximate surface area is 219 Å². The molecule has 0 unspecified atom stereocenters. The first-order valence-corrected chi connectivity index (χ1v) is 11.7. The first-order valence-electron chi connectivity index (χ1n) is 11.7. The minimum Gasteiger partial charge on any atom is -0.463 e. The summed E-state index contributed by atoms with van der Waals surface area (Å²) in [5, 5.41) is 12.1. The van der Waals surface area contributed by atoms with Crippen LogP contribution in [0.1, 0.15) is 33.3 Å². The molecule has 1 aromatic carbocycles. The number of carbonyl (C=O) groups excluding carboxylic acids is 4. The Balaban J connectivity index is 2.22. The number of hydrogen-bond acceptors (Lipinski definition) is 12. The summed E-state index contributed by atoms with van der Waals surface area (Å²) in [6, 6.07) is 8.88. The number of hydrogen-bond donors (Lipinski definition) is 1. The Kier molecular flexibility index (Phi) is 8.79. The van der Waals surface area contributed by atoms with E-state index in [9.17, 15) is 24.3 Å². The zero-order chi connectivity index (χ0) is 28.1. The molecule has 0 amide bonds. The van der Waals surface area contributed by atoms with E-state index in [-0.39, 0.29) is 6.61 Å². The summed E-state index contributed by atoms with van der Waals surface area (Å²) in [6.45, 7) is 2.35. The molecule has 0 aromatic heterocycles. The van der Waals surface area contributed by atoms with Crippen molar-refractivity contribution < 1.29 is 57.4 Å². The standard InChI is InChI=1S/C26H30O12/c1-6-21-24(31,13-33-16(2)27)25(14-34-17(3)28)22(32-12-20-10-8-7-9-11-20)23(36-19(5)30)26(37-21,38-25)15-35-18(4)29/h1,7-11,21-23,31H,12-15H2,2-5H3/t21-,22+,23+,24-,25+,26-/m0/s1. The van der Waals surface area contributed by atoms with E-state index in [1.165, 1.54) is 0 Å². The van der Waals surface area contributed by atoms with Gasteiger partial charge in [-0.1, -0.05) is 36.3 Å². The highest BCUT2D eigenvalue weighted by Crippen LogP contribution is 2.55. The highest BCUT2D eigenvalue weighted by Gasteiger charge is 2.80. The summed E-state index contributed by atoms with van der Waals surface area (Å²) < 4.78 is 39.6. The first-order chi connectivity index (χ1) is 17.9. The van der Waals surface area contributed by atoms with Crippen LogP contribution in [0, 0.1) is 12.3 Å². The van der Waals surface area contributed by atoms with Crippen molar-refractivity contribution in [1.29, 1.82) is 0 Å². The van der Waals surface area contributed by atoms with E-state index in [2.05, 4.69) is 5.92 Å². The van der Waals surface area contributed by atoms with Gasteiger partial charge in [-0.25, -0.2) is 0 Å². The summed E-state index contributed by atoms with van der Waals surface area (Å²) in [6.07, 6.45) is 1.22. The van der Waals surface area contributed by atoms with Gasteiger partial charge < -0.3 is 38.3 Å². The van der Waals surface area contributed by atoms with Crippen LogP contribution >= 0.6 is 0 Å². The molecule has 2 fully saturated rings. The SMILES string of the molecule is C#C[C@@H]1O[C@@]2(COC(C)=O)O[C@](COC(C)=O)([C@H](OCc3ccccc3)[C@H]2OC(C)=O)[C@]1(O)COC(C)=O. The maximum absolute atomic E-state index is 12.2. The van der Waals surface area contributed by atoms with Crippen LogP contribution in [0.25, 0.3) is 0 Å². The van der Waals surface area contributed by atoms with Crippen LogP contribution in [0.4, 0.5) is 0 Å². The van der Waals surface area contributed by atoms with Crippen molar-refractivity contribution in [3.05, 3.63) is 35.9 Å². The number of esters is 4. The van der Waals surface area contributed by atoms with Crippen LogP contribution < -0.4 is 0 Å². The number of ether oxygens (including phenoxy) is 7. The molecule has 2 aliphatic heterocycles. The third-order valence-electron chi connectivity index (χ3n) is 6.19. The largest absolute Gasteiger partial charge is 0.463 e. The average Bonchev–Trinajstić information content (AvgIpc) is 3.09. The molecule has 1 N–H and O–H groups in total. The van der Waals surface area contributed by atoms with E-state index in [4.69, 9.17) is 39.6 Å². The second kappa shape index (κ2) is 11.5. The molecule has 6 atom stereocenters. The van der Waals surface area contributed by atoms with Crippen molar-refractivity contribution >= 4 is 23.9 Å². The van der Waals surface area contributed by atoms with Gasteiger partial charge in [0.25, 0.3) is 0 Å². The van der Waals surface area contributed by atoms with Gasteiger partial charge in [-0.2, -0.15) is 0 Å². The Morgan fingerprint density at radius 1 is 0.895 bits per heavy atom.